The minimum absolute atomic E-state index is 0.0171. The predicted molar refractivity (Wildman–Crippen MR) is 265 cm³/mol. The molecule has 63 heavy (non-hydrogen) atoms. The Morgan fingerprint density at radius 1 is 0.476 bits per heavy atom. The van der Waals surface area contributed by atoms with Crippen LogP contribution in [0.25, 0.3) is 0 Å². The molecule has 8 nitrogen and oxygen atoms in total. The van der Waals surface area contributed by atoms with Crippen molar-refractivity contribution in [1.29, 1.82) is 0 Å². The van der Waals surface area contributed by atoms with Gasteiger partial charge in [0.15, 0.2) is 12.1 Å². The molecular weight excluding hydrogens is 787 g/mol. The third-order valence-corrected chi connectivity index (χ3v) is 9.55. The first-order valence-electron chi connectivity index (χ1n) is 23.7. The van der Waals surface area contributed by atoms with Gasteiger partial charge in [0, 0.05) is 19.3 Å². The number of allylic oxidation sites excluding steroid dienone is 22. The maximum absolute atomic E-state index is 12.7. The Hall–Kier alpha value is -4.53. The van der Waals surface area contributed by atoms with Gasteiger partial charge in [-0.2, -0.15) is 0 Å². The number of unbranched alkanes of at least 4 members (excludes halogenated alkanes) is 4. The molecule has 0 aliphatic rings. The van der Waals surface area contributed by atoms with Crippen LogP contribution in [0.1, 0.15) is 142 Å². The van der Waals surface area contributed by atoms with Gasteiger partial charge in [0.25, 0.3) is 0 Å². The average molecular weight is 873 g/mol. The highest BCUT2D eigenvalue weighted by molar-refractivity contribution is 5.72. The summed E-state index contributed by atoms with van der Waals surface area (Å²) in [6.07, 6.45) is 63.7. The molecule has 8 heteroatoms. The molecule has 1 N–H and O–H groups in total. The van der Waals surface area contributed by atoms with Crippen molar-refractivity contribution in [3.05, 3.63) is 134 Å². The fraction of sp³-hybridized carbons (Fsp3) is 0.545. The standard InChI is InChI=1S/C55H85NO7/c1-6-8-10-12-14-16-18-20-22-24-25-26-27-28-30-31-33-35-37-39-41-43-45-53(57)62-50-51(49-61-48-47-52(55(59)60)56(3,4)5)63-54(58)46-44-42-40-38-36-34-32-29-23-21-19-17-15-13-11-9-7-2/h8-11,14-17,20-23,25-26,28,30,32-35,38,40,51-52H,6-7,12-13,18-19,24,27,29,31,36-37,39,41-50H2,1-5H3/p+1/b10-8+,11-9+,16-14+,17-15+,22-20+,23-21+,26-25+,30-28+,34-32+,35-33+,40-38+. The lowest BCUT2D eigenvalue weighted by atomic mass is 10.1. The number of ether oxygens (including phenoxy) is 3. The Kier molecular flexibility index (Phi) is 40.9. The second kappa shape index (κ2) is 44.1. The van der Waals surface area contributed by atoms with E-state index in [1.807, 2.05) is 21.1 Å². The SMILES string of the molecule is CC/C=C/C/C=C/C/C=C/C/C=C/C/C=C/C/C=C/CCCCCC(=O)OCC(COCCC(C(=O)O)[N+](C)(C)C)OC(=O)CCC/C=C/C/C=C/C/C=C/C/C=C/C/C=C/CC. The van der Waals surface area contributed by atoms with Crippen molar-refractivity contribution in [3.8, 4) is 0 Å². The maximum atomic E-state index is 12.7. The van der Waals surface area contributed by atoms with Gasteiger partial charge in [-0.3, -0.25) is 9.59 Å². The molecule has 0 aromatic carbocycles. The van der Waals surface area contributed by atoms with E-state index >= 15 is 0 Å². The van der Waals surface area contributed by atoms with Gasteiger partial charge in [0.1, 0.15) is 6.61 Å². The van der Waals surface area contributed by atoms with E-state index in [0.717, 1.165) is 103 Å². The van der Waals surface area contributed by atoms with Crippen LogP contribution >= 0.6 is 0 Å². The van der Waals surface area contributed by atoms with Gasteiger partial charge in [-0.05, 0) is 103 Å². The summed E-state index contributed by atoms with van der Waals surface area (Å²) >= 11 is 0. The molecule has 2 unspecified atom stereocenters. The van der Waals surface area contributed by atoms with Crippen LogP contribution in [-0.4, -0.2) is 80.6 Å². The zero-order valence-electron chi connectivity index (χ0n) is 40.0. The van der Waals surface area contributed by atoms with Crippen molar-refractivity contribution >= 4 is 17.9 Å². The number of hydrogen-bond acceptors (Lipinski definition) is 6. The number of nitrogens with zero attached hydrogens (tertiary/aromatic N) is 1. The van der Waals surface area contributed by atoms with Crippen LogP contribution in [0.15, 0.2) is 134 Å². The Balaban J connectivity index is 4.48. The van der Waals surface area contributed by atoms with Crippen LogP contribution in [0, 0.1) is 0 Å². The number of hydrogen-bond donors (Lipinski definition) is 1. The van der Waals surface area contributed by atoms with Crippen LogP contribution in [0.5, 0.6) is 0 Å². The maximum Gasteiger partial charge on any atom is 0.362 e. The molecule has 0 radical (unpaired) electrons. The normalized spacial score (nSPS) is 14.1. The van der Waals surface area contributed by atoms with E-state index in [0.29, 0.717) is 19.3 Å². The summed E-state index contributed by atoms with van der Waals surface area (Å²) in [6, 6.07) is -0.640. The summed E-state index contributed by atoms with van der Waals surface area (Å²) in [5, 5.41) is 9.64. The average Bonchev–Trinajstić information content (AvgIpc) is 3.24. The van der Waals surface area contributed by atoms with Crippen molar-refractivity contribution in [2.75, 3.05) is 41.0 Å². The number of rotatable bonds is 40. The summed E-state index contributed by atoms with van der Waals surface area (Å²) in [4.78, 5) is 37.1. The Morgan fingerprint density at radius 2 is 0.857 bits per heavy atom. The number of carboxylic acid groups (broad SMARTS) is 1. The smallest absolute Gasteiger partial charge is 0.362 e. The second-order valence-corrected chi connectivity index (χ2v) is 16.2. The molecule has 0 saturated carbocycles. The van der Waals surface area contributed by atoms with Gasteiger partial charge in [0.2, 0.25) is 0 Å². The summed E-state index contributed by atoms with van der Waals surface area (Å²) in [7, 11) is 5.48. The summed E-state index contributed by atoms with van der Waals surface area (Å²) < 4.78 is 17.2. The van der Waals surface area contributed by atoms with Gasteiger partial charge < -0.3 is 23.8 Å². The number of carboxylic acids is 1. The number of carbonyl (C=O) groups excluding carboxylic acids is 2. The highest BCUT2D eigenvalue weighted by Crippen LogP contribution is 2.11. The lowest BCUT2D eigenvalue weighted by Crippen LogP contribution is -2.50. The van der Waals surface area contributed by atoms with Crippen molar-refractivity contribution in [2.24, 2.45) is 0 Å². The van der Waals surface area contributed by atoms with Gasteiger partial charge in [-0.25, -0.2) is 4.79 Å². The highest BCUT2D eigenvalue weighted by atomic mass is 16.6. The van der Waals surface area contributed by atoms with Crippen LogP contribution in [-0.2, 0) is 28.6 Å². The summed E-state index contributed by atoms with van der Waals surface area (Å²) in [6.45, 7) is 4.38. The molecule has 0 spiro atoms. The molecule has 352 valence electrons. The van der Waals surface area contributed by atoms with Crippen LogP contribution < -0.4 is 0 Å². The molecule has 0 aliphatic carbocycles. The van der Waals surface area contributed by atoms with Crippen molar-refractivity contribution in [2.45, 2.75) is 154 Å². The van der Waals surface area contributed by atoms with E-state index in [-0.39, 0.29) is 42.7 Å². The van der Waals surface area contributed by atoms with Crippen molar-refractivity contribution in [1.82, 2.24) is 0 Å². The highest BCUT2D eigenvalue weighted by Gasteiger charge is 2.31. The number of carbonyl (C=O) groups is 3. The monoisotopic (exact) mass is 873 g/mol. The van der Waals surface area contributed by atoms with Gasteiger partial charge >= 0.3 is 17.9 Å². The topological polar surface area (TPSA) is 99.1 Å². The van der Waals surface area contributed by atoms with Crippen molar-refractivity contribution < 1.29 is 38.2 Å². The third-order valence-electron chi connectivity index (χ3n) is 9.55. The number of esters is 2. The lowest BCUT2D eigenvalue weighted by Gasteiger charge is -2.31. The number of likely N-dealkylation sites (N-methyl/N-ethyl adjacent to an activating group) is 1. The Labute approximate surface area is 383 Å². The third kappa shape index (κ3) is 42.5. The number of quaternary nitrogens is 1. The second-order valence-electron chi connectivity index (χ2n) is 16.2. The molecule has 0 aliphatic heterocycles. The summed E-state index contributed by atoms with van der Waals surface area (Å²) in [5.41, 5.74) is 0. The molecule has 0 heterocycles. The molecule has 0 saturated heterocycles. The molecule has 2 atom stereocenters. The molecular formula is C55H86NO7+. The Morgan fingerprint density at radius 3 is 1.25 bits per heavy atom. The minimum Gasteiger partial charge on any atom is -0.477 e. The first kappa shape index (κ1) is 58.5. The first-order valence-corrected chi connectivity index (χ1v) is 23.7. The van der Waals surface area contributed by atoms with Crippen molar-refractivity contribution in [3.63, 3.8) is 0 Å². The molecule has 0 bridgehead atoms. The minimum atomic E-state index is -0.895. The molecule has 0 amide bonds. The zero-order valence-corrected chi connectivity index (χ0v) is 40.0. The zero-order chi connectivity index (χ0) is 46.3. The van der Waals surface area contributed by atoms with Crippen LogP contribution in [0.4, 0.5) is 0 Å². The Bertz CT molecular complexity index is 1480. The van der Waals surface area contributed by atoms with Crippen LogP contribution in [0.3, 0.4) is 0 Å². The summed E-state index contributed by atoms with van der Waals surface area (Å²) in [5.74, 6) is -1.61. The largest absolute Gasteiger partial charge is 0.477 e. The predicted octanol–water partition coefficient (Wildman–Crippen LogP) is 13.6. The number of aliphatic carboxylic acids is 1. The molecule has 0 aromatic heterocycles. The first-order chi connectivity index (χ1) is 30.6. The van der Waals surface area contributed by atoms with Gasteiger partial charge in [-0.1, -0.05) is 154 Å². The van der Waals surface area contributed by atoms with E-state index in [1.54, 1.807) is 0 Å². The van der Waals surface area contributed by atoms with Crippen LogP contribution in [0.2, 0.25) is 0 Å². The fourth-order valence-electron chi connectivity index (χ4n) is 5.95. The van der Waals surface area contributed by atoms with Gasteiger partial charge in [0.05, 0.1) is 34.4 Å². The van der Waals surface area contributed by atoms with Gasteiger partial charge in [-0.15, -0.1) is 0 Å². The van der Waals surface area contributed by atoms with E-state index < -0.39 is 18.1 Å². The fourth-order valence-corrected chi connectivity index (χ4v) is 5.95. The van der Waals surface area contributed by atoms with E-state index in [9.17, 15) is 19.5 Å². The molecule has 0 rings (SSSR count). The van der Waals surface area contributed by atoms with E-state index in [1.165, 1.54) is 0 Å². The van der Waals surface area contributed by atoms with E-state index in [4.69, 9.17) is 14.2 Å². The lowest BCUT2D eigenvalue weighted by molar-refractivity contribution is -0.887. The molecule has 0 aromatic rings. The molecule has 0 fully saturated rings. The van der Waals surface area contributed by atoms with E-state index in [2.05, 4.69) is 148 Å². The quantitative estimate of drug-likeness (QED) is 0.0283.